The lowest BCUT2D eigenvalue weighted by atomic mass is 9.95. The molecule has 1 aliphatic heterocycles. The van der Waals surface area contributed by atoms with Gasteiger partial charge in [0.25, 0.3) is 0 Å². The maximum Gasteiger partial charge on any atom is 0.237 e. The van der Waals surface area contributed by atoms with Crippen molar-refractivity contribution in [3.05, 3.63) is 0 Å². The van der Waals surface area contributed by atoms with Gasteiger partial charge in [-0.3, -0.25) is 4.79 Å². The lowest BCUT2D eigenvalue weighted by molar-refractivity contribution is -0.124. The molecule has 0 aromatic carbocycles. The maximum absolute atomic E-state index is 11.9. The smallest absolute Gasteiger partial charge is 0.237 e. The van der Waals surface area contributed by atoms with E-state index in [1.54, 1.807) is 0 Å². The number of hydrogen-bond donors (Lipinski definition) is 2. The highest BCUT2D eigenvalue weighted by molar-refractivity contribution is 5.85. The monoisotopic (exact) mass is 281 g/mol. The Labute approximate surface area is 123 Å². The fourth-order valence-corrected chi connectivity index (χ4v) is 4.15. The van der Waals surface area contributed by atoms with Gasteiger partial charge < -0.3 is 16.0 Å². The average Bonchev–Trinajstić information content (AvgIpc) is 2.96. The molecule has 116 valence electrons. The Morgan fingerprint density at radius 2 is 2.20 bits per heavy atom. The number of likely N-dealkylation sites (tertiary alicyclic amines) is 1. The molecular formula is C16H31N3O. The SMILES string of the molecule is CCCC1CCN(C2CCC(NC(C)C)(C(N)=O)C2)C1. The molecule has 3 atom stereocenters. The van der Waals surface area contributed by atoms with E-state index in [1.165, 1.54) is 32.4 Å². The number of carbonyl (C=O) groups excluding carboxylic acids is 1. The summed E-state index contributed by atoms with van der Waals surface area (Å²) < 4.78 is 0. The first-order valence-corrected chi connectivity index (χ1v) is 8.28. The summed E-state index contributed by atoms with van der Waals surface area (Å²) in [4.78, 5) is 14.5. The molecule has 4 nitrogen and oxygen atoms in total. The largest absolute Gasteiger partial charge is 0.368 e. The molecule has 2 rings (SSSR count). The Morgan fingerprint density at radius 1 is 1.45 bits per heavy atom. The van der Waals surface area contributed by atoms with Gasteiger partial charge in [0.2, 0.25) is 5.91 Å². The Kier molecular flexibility index (Phi) is 5.08. The molecule has 20 heavy (non-hydrogen) atoms. The van der Waals surface area contributed by atoms with E-state index in [2.05, 4.69) is 31.0 Å². The van der Waals surface area contributed by atoms with Crippen LogP contribution in [0, 0.1) is 5.92 Å². The number of primary amides is 1. The second-order valence-corrected chi connectivity index (χ2v) is 7.08. The van der Waals surface area contributed by atoms with Crippen molar-refractivity contribution in [2.24, 2.45) is 11.7 Å². The van der Waals surface area contributed by atoms with Crippen molar-refractivity contribution in [1.82, 2.24) is 10.2 Å². The zero-order valence-electron chi connectivity index (χ0n) is 13.3. The third-order valence-corrected chi connectivity index (χ3v) is 5.06. The Morgan fingerprint density at radius 3 is 2.80 bits per heavy atom. The summed E-state index contributed by atoms with van der Waals surface area (Å²) in [6, 6.07) is 0.836. The second-order valence-electron chi connectivity index (χ2n) is 7.08. The molecule has 2 fully saturated rings. The zero-order chi connectivity index (χ0) is 14.8. The van der Waals surface area contributed by atoms with E-state index in [4.69, 9.17) is 5.73 Å². The minimum atomic E-state index is -0.471. The molecule has 1 amide bonds. The lowest BCUT2D eigenvalue weighted by Gasteiger charge is -2.31. The summed E-state index contributed by atoms with van der Waals surface area (Å²) in [5.74, 6) is 0.694. The minimum absolute atomic E-state index is 0.169. The Hall–Kier alpha value is -0.610. The molecule has 4 heteroatoms. The van der Waals surface area contributed by atoms with Crippen LogP contribution in [-0.4, -0.2) is 41.5 Å². The van der Waals surface area contributed by atoms with E-state index in [0.717, 1.165) is 25.2 Å². The van der Waals surface area contributed by atoms with Gasteiger partial charge in [-0.05, 0) is 58.4 Å². The Balaban J connectivity index is 1.95. The van der Waals surface area contributed by atoms with Crippen LogP contribution in [0.15, 0.2) is 0 Å². The standard InChI is InChI=1S/C16H31N3O/c1-4-5-13-7-9-19(11-13)14-6-8-16(10-14,15(17)20)18-12(2)3/h12-14,18H,4-11H2,1-3H3,(H2,17,20). The third kappa shape index (κ3) is 3.34. The molecule has 1 heterocycles. The van der Waals surface area contributed by atoms with E-state index >= 15 is 0 Å². The number of nitrogens with zero attached hydrogens (tertiary/aromatic N) is 1. The van der Waals surface area contributed by atoms with Gasteiger partial charge in [-0.25, -0.2) is 0 Å². The minimum Gasteiger partial charge on any atom is -0.368 e. The topological polar surface area (TPSA) is 58.4 Å². The van der Waals surface area contributed by atoms with Gasteiger partial charge in [0.1, 0.15) is 0 Å². The molecule has 1 saturated heterocycles. The van der Waals surface area contributed by atoms with Crippen molar-refractivity contribution in [3.63, 3.8) is 0 Å². The van der Waals surface area contributed by atoms with E-state index in [0.29, 0.717) is 12.1 Å². The van der Waals surface area contributed by atoms with Crippen molar-refractivity contribution in [3.8, 4) is 0 Å². The van der Waals surface area contributed by atoms with Crippen molar-refractivity contribution in [2.45, 2.75) is 76.9 Å². The molecule has 3 unspecified atom stereocenters. The van der Waals surface area contributed by atoms with E-state index in [1.807, 2.05) is 0 Å². The van der Waals surface area contributed by atoms with Crippen LogP contribution in [-0.2, 0) is 4.79 Å². The van der Waals surface area contributed by atoms with Crippen LogP contribution in [0.3, 0.4) is 0 Å². The summed E-state index contributed by atoms with van der Waals surface area (Å²) in [6.07, 6.45) is 6.82. The number of rotatable bonds is 6. The molecule has 1 aliphatic carbocycles. The van der Waals surface area contributed by atoms with Crippen LogP contribution >= 0.6 is 0 Å². The number of hydrogen-bond acceptors (Lipinski definition) is 3. The number of nitrogens with one attached hydrogen (secondary N) is 1. The molecule has 0 bridgehead atoms. The van der Waals surface area contributed by atoms with Crippen molar-refractivity contribution >= 4 is 5.91 Å². The van der Waals surface area contributed by atoms with Gasteiger partial charge in [0.15, 0.2) is 0 Å². The zero-order valence-corrected chi connectivity index (χ0v) is 13.3. The number of nitrogens with two attached hydrogens (primary N) is 1. The molecule has 0 radical (unpaired) electrons. The van der Waals surface area contributed by atoms with Crippen LogP contribution in [0.1, 0.15) is 59.3 Å². The van der Waals surface area contributed by atoms with Crippen LogP contribution in [0.4, 0.5) is 0 Å². The lowest BCUT2D eigenvalue weighted by Crippen LogP contribution is -2.56. The Bertz CT molecular complexity index is 345. The van der Waals surface area contributed by atoms with Crippen molar-refractivity contribution in [1.29, 1.82) is 0 Å². The first-order chi connectivity index (χ1) is 9.47. The third-order valence-electron chi connectivity index (χ3n) is 5.06. The van der Waals surface area contributed by atoms with Gasteiger partial charge in [-0.2, -0.15) is 0 Å². The van der Waals surface area contributed by atoms with E-state index < -0.39 is 5.54 Å². The molecule has 0 aromatic heterocycles. The van der Waals surface area contributed by atoms with Crippen LogP contribution in [0.2, 0.25) is 0 Å². The average molecular weight is 281 g/mol. The second kappa shape index (κ2) is 6.44. The highest BCUT2D eigenvalue weighted by Gasteiger charge is 2.46. The first-order valence-electron chi connectivity index (χ1n) is 8.28. The summed E-state index contributed by atoms with van der Waals surface area (Å²) in [5, 5.41) is 3.44. The molecule has 1 saturated carbocycles. The predicted molar refractivity (Wildman–Crippen MR) is 82.4 cm³/mol. The van der Waals surface area contributed by atoms with E-state index in [-0.39, 0.29) is 5.91 Å². The molecule has 0 spiro atoms. The van der Waals surface area contributed by atoms with Gasteiger partial charge in [0, 0.05) is 18.6 Å². The molecular weight excluding hydrogens is 250 g/mol. The fraction of sp³-hybridized carbons (Fsp3) is 0.938. The number of carbonyl (C=O) groups is 1. The van der Waals surface area contributed by atoms with Gasteiger partial charge in [-0.15, -0.1) is 0 Å². The van der Waals surface area contributed by atoms with Crippen LogP contribution in [0.25, 0.3) is 0 Å². The normalized spacial score (nSPS) is 35.0. The van der Waals surface area contributed by atoms with Gasteiger partial charge in [-0.1, -0.05) is 13.3 Å². The summed E-state index contributed by atoms with van der Waals surface area (Å²) in [5.41, 5.74) is 5.23. The van der Waals surface area contributed by atoms with Crippen LogP contribution in [0.5, 0.6) is 0 Å². The van der Waals surface area contributed by atoms with Crippen LogP contribution < -0.4 is 11.1 Å². The molecule has 0 aromatic rings. The summed E-state index contributed by atoms with van der Waals surface area (Å²) in [7, 11) is 0. The van der Waals surface area contributed by atoms with Crippen molar-refractivity contribution < 1.29 is 4.79 Å². The molecule has 3 N–H and O–H groups in total. The quantitative estimate of drug-likeness (QED) is 0.781. The highest BCUT2D eigenvalue weighted by Crippen LogP contribution is 2.36. The fourth-order valence-electron chi connectivity index (χ4n) is 4.15. The summed E-state index contributed by atoms with van der Waals surface area (Å²) in [6.45, 7) is 8.86. The summed E-state index contributed by atoms with van der Waals surface area (Å²) >= 11 is 0. The van der Waals surface area contributed by atoms with Crippen molar-refractivity contribution in [2.75, 3.05) is 13.1 Å². The van der Waals surface area contributed by atoms with E-state index in [9.17, 15) is 4.79 Å². The number of amides is 1. The first kappa shape index (κ1) is 15.8. The van der Waals surface area contributed by atoms with Gasteiger partial charge in [0.05, 0.1) is 5.54 Å². The highest BCUT2D eigenvalue weighted by atomic mass is 16.1. The predicted octanol–water partition coefficient (Wildman–Crippen LogP) is 1.88. The maximum atomic E-state index is 11.9. The van der Waals surface area contributed by atoms with Gasteiger partial charge >= 0.3 is 0 Å². The molecule has 2 aliphatic rings.